The number of aromatic nitrogens is 3. The minimum Gasteiger partial charge on any atom is -0.497 e. The number of alkyl halides is 3. The van der Waals surface area contributed by atoms with Gasteiger partial charge in [0.05, 0.1) is 18.2 Å². The summed E-state index contributed by atoms with van der Waals surface area (Å²) in [5, 5.41) is 6.35. The third-order valence-corrected chi connectivity index (χ3v) is 5.54. The topological polar surface area (TPSA) is 103 Å². The third kappa shape index (κ3) is 3.86. The van der Waals surface area contributed by atoms with Crippen LogP contribution < -0.4 is 9.46 Å². The van der Waals surface area contributed by atoms with Crippen LogP contribution in [0.25, 0.3) is 0 Å². The summed E-state index contributed by atoms with van der Waals surface area (Å²) in [6.07, 6.45) is -4.01. The zero-order valence-electron chi connectivity index (χ0n) is 13.6. The third-order valence-electron chi connectivity index (χ3n) is 3.73. The molecule has 0 unspecified atom stereocenters. The number of carbonyl (C=O) groups excluding carboxylic acids is 1. The molecule has 1 aliphatic rings. The van der Waals surface area contributed by atoms with Crippen molar-refractivity contribution >= 4 is 27.5 Å². The number of sulfonamides is 1. The Hall–Kier alpha value is -2.34. The van der Waals surface area contributed by atoms with Gasteiger partial charge in [0.1, 0.15) is 10.6 Å². The van der Waals surface area contributed by atoms with Crippen LogP contribution in [0.5, 0.6) is 5.75 Å². The van der Waals surface area contributed by atoms with Gasteiger partial charge in [0, 0.05) is 6.07 Å². The number of amides is 1. The van der Waals surface area contributed by atoms with E-state index in [1.54, 1.807) is 4.72 Å². The lowest BCUT2D eigenvalue weighted by atomic mass is 10.3. The molecular formula is C14H12ClF3N4O4S. The van der Waals surface area contributed by atoms with Gasteiger partial charge in [-0.1, -0.05) is 16.8 Å². The summed E-state index contributed by atoms with van der Waals surface area (Å²) in [6, 6.07) is 3.11. The standard InChI is InChI=1S/C14H12ClF3N4O4S/c1-26-8-4-5-9(15)10(6-8)27(24,25)20-13(23)11-12(14(16,17)18)22(21-19-11)7-2-3-7/h4-7H,2-3H2,1H3,(H,20,23). The molecule has 8 nitrogen and oxygen atoms in total. The number of nitrogens with one attached hydrogen (secondary N) is 1. The monoisotopic (exact) mass is 424 g/mol. The molecule has 0 atom stereocenters. The second-order valence-corrected chi connectivity index (χ2v) is 7.75. The van der Waals surface area contributed by atoms with Crippen molar-refractivity contribution < 1.29 is 31.1 Å². The normalized spacial score (nSPS) is 14.9. The fourth-order valence-electron chi connectivity index (χ4n) is 2.33. The lowest BCUT2D eigenvalue weighted by Gasteiger charge is -2.12. The van der Waals surface area contributed by atoms with E-state index >= 15 is 0 Å². The molecule has 3 rings (SSSR count). The Morgan fingerprint density at radius 1 is 1.37 bits per heavy atom. The van der Waals surface area contributed by atoms with Crippen LogP contribution in [0.2, 0.25) is 5.02 Å². The molecular weight excluding hydrogens is 413 g/mol. The van der Waals surface area contributed by atoms with Crippen molar-refractivity contribution in [1.82, 2.24) is 19.7 Å². The van der Waals surface area contributed by atoms with E-state index in [0.717, 1.165) is 6.07 Å². The maximum atomic E-state index is 13.3. The van der Waals surface area contributed by atoms with Crippen molar-refractivity contribution in [3.05, 3.63) is 34.6 Å². The number of rotatable bonds is 5. The molecule has 1 fully saturated rings. The predicted molar refractivity (Wildman–Crippen MR) is 86.0 cm³/mol. The Balaban J connectivity index is 1.96. The van der Waals surface area contributed by atoms with E-state index in [9.17, 15) is 26.4 Å². The predicted octanol–water partition coefficient (Wildman–Crippen LogP) is 2.41. The van der Waals surface area contributed by atoms with Crippen LogP contribution in [0, 0.1) is 0 Å². The van der Waals surface area contributed by atoms with Gasteiger partial charge in [-0.05, 0) is 25.0 Å². The molecule has 1 amide bonds. The largest absolute Gasteiger partial charge is 0.497 e. The van der Waals surface area contributed by atoms with Crippen LogP contribution >= 0.6 is 11.6 Å². The molecule has 1 aliphatic carbocycles. The number of benzene rings is 1. The van der Waals surface area contributed by atoms with Crippen molar-refractivity contribution in [2.75, 3.05) is 7.11 Å². The van der Waals surface area contributed by atoms with Crippen LogP contribution in [-0.4, -0.2) is 36.4 Å². The lowest BCUT2D eigenvalue weighted by Crippen LogP contribution is -2.33. The van der Waals surface area contributed by atoms with Gasteiger partial charge < -0.3 is 4.74 Å². The molecule has 0 radical (unpaired) electrons. The first-order valence-corrected chi connectivity index (χ1v) is 9.34. The summed E-state index contributed by atoms with van der Waals surface area (Å²) in [5.41, 5.74) is -2.52. The lowest BCUT2D eigenvalue weighted by molar-refractivity contribution is -0.144. The summed E-state index contributed by atoms with van der Waals surface area (Å²) in [4.78, 5) is 11.7. The Morgan fingerprint density at radius 3 is 2.59 bits per heavy atom. The van der Waals surface area contributed by atoms with Gasteiger partial charge in [0.2, 0.25) is 0 Å². The smallest absolute Gasteiger partial charge is 0.435 e. The van der Waals surface area contributed by atoms with Crippen molar-refractivity contribution in [3.63, 3.8) is 0 Å². The van der Waals surface area contributed by atoms with Gasteiger partial charge in [0.15, 0.2) is 11.4 Å². The number of methoxy groups -OCH3 is 1. The van der Waals surface area contributed by atoms with E-state index in [2.05, 4.69) is 10.3 Å². The molecule has 146 valence electrons. The summed E-state index contributed by atoms with van der Waals surface area (Å²) in [7, 11) is -3.30. The van der Waals surface area contributed by atoms with Gasteiger partial charge in [-0.3, -0.25) is 4.79 Å². The highest BCUT2D eigenvalue weighted by Crippen LogP contribution is 2.40. The maximum absolute atomic E-state index is 13.3. The molecule has 2 aromatic rings. The number of halogens is 4. The quantitative estimate of drug-likeness (QED) is 0.790. The minimum absolute atomic E-state index is 0.128. The minimum atomic E-state index is -4.93. The molecule has 1 heterocycles. The van der Waals surface area contributed by atoms with Gasteiger partial charge in [-0.2, -0.15) is 13.2 Å². The Morgan fingerprint density at radius 2 is 2.04 bits per heavy atom. The van der Waals surface area contributed by atoms with Crippen molar-refractivity contribution in [2.24, 2.45) is 0 Å². The van der Waals surface area contributed by atoms with Gasteiger partial charge >= 0.3 is 6.18 Å². The first-order valence-electron chi connectivity index (χ1n) is 7.47. The zero-order valence-corrected chi connectivity index (χ0v) is 15.2. The first-order chi connectivity index (χ1) is 12.5. The first kappa shape index (κ1) is 19.4. The molecule has 27 heavy (non-hydrogen) atoms. The summed E-state index contributed by atoms with van der Waals surface area (Å²) in [5.74, 6) is -1.43. The highest BCUT2D eigenvalue weighted by atomic mass is 35.5. The molecule has 0 bridgehead atoms. The van der Waals surface area contributed by atoms with Crippen LogP contribution in [0.1, 0.15) is 35.1 Å². The number of hydrogen-bond donors (Lipinski definition) is 1. The van der Waals surface area contributed by atoms with Crippen LogP contribution in [0.15, 0.2) is 23.1 Å². The fraction of sp³-hybridized carbons (Fsp3) is 0.357. The molecule has 1 aromatic heterocycles. The van der Waals surface area contributed by atoms with Crippen molar-refractivity contribution in [3.8, 4) is 5.75 Å². The second kappa shape index (κ2) is 6.68. The van der Waals surface area contributed by atoms with Crippen molar-refractivity contribution in [1.29, 1.82) is 0 Å². The number of nitrogens with zero attached hydrogens (tertiary/aromatic N) is 3. The molecule has 13 heteroatoms. The van der Waals surface area contributed by atoms with Crippen LogP contribution in [-0.2, 0) is 16.2 Å². The number of ether oxygens (including phenoxy) is 1. The second-order valence-electron chi connectivity index (χ2n) is 5.69. The average Bonchev–Trinajstić information content (AvgIpc) is 3.31. The Bertz CT molecular complexity index is 1000. The fourth-order valence-corrected chi connectivity index (χ4v) is 3.80. The van der Waals surface area contributed by atoms with Gasteiger partial charge in [-0.15, -0.1) is 5.10 Å². The van der Waals surface area contributed by atoms with E-state index in [0.29, 0.717) is 17.5 Å². The highest BCUT2D eigenvalue weighted by molar-refractivity contribution is 7.90. The summed E-state index contributed by atoms with van der Waals surface area (Å²) in [6.45, 7) is 0. The van der Waals surface area contributed by atoms with E-state index in [1.165, 1.54) is 19.2 Å². The van der Waals surface area contributed by atoms with Crippen LogP contribution in [0.3, 0.4) is 0 Å². The molecule has 1 N–H and O–H groups in total. The highest BCUT2D eigenvalue weighted by Gasteiger charge is 2.45. The number of hydrogen-bond acceptors (Lipinski definition) is 6. The average molecular weight is 425 g/mol. The van der Waals surface area contributed by atoms with E-state index in [-0.39, 0.29) is 10.8 Å². The maximum Gasteiger partial charge on any atom is 0.435 e. The summed E-state index contributed by atoms with van der Waals surface area (Å²) < 4.78 is 71.9. The molecule has 0 aliphatic heterocycles. The molecule has 0 spiro atoms. The van der Waals surface area contributed by atoms with E-state index < -0.39 is 44.4 Å². The van der Waals surface area contributed by atoms with Crippen LogP contribution in [0.4, 0.5) is 13.2 Å². The SMILES string of the molecule is COc1ccc(Cl)c(S(=O)(=O)NC(=O)c2nnn(C3CC3)c2C(F)(F)F)c1. The van der Waals surface area contributed by atoms with Gasteiger partial charge in [-0.25, -0.2) is 17.8 Å². The van der Waals surface area contributed by atoms with Crippen molar-refractivity contribution in [2.45, 2.75) is 30.0 Å². The Kier molecular flexibility index (Phi) is 4.80. The summed E-state index contributed by atoms with van der Waals surface area (Å²) >= 11 is 5.83. The van der Waals surface area contributed by atoms with E-state index in [4.69, 9.17) is 16.3 Å². The zero-order chi connectivity index (χ0) is 20.0. The molecule has 1 aromatic carbocycles. The molecule has 0 saturated heterocycles. The van der Waals surface area contributed by atoms with Gasteiger partial charge in [0.25, 0.3) is 15.9 Å². The van der Waals surface area contributed by atoms with E-state index in [1.807, 2.05) is 0 Å². The number of carbonyl (C=O) groups is 1. The Labute approximate surface area is 156 Å². The molecule has 1 saturated carbocycles.